The summed E-state index contributed by atoms with van der Waals surface area (Å²) in [5.41, 5.74) is 0.586. The van der Waals surface area contributed by atoms with Crippen molar-refractivity contribution in [2.24, 2.45) is 0 Å². The Balaban J connectivity index is 2.82. The standard InChI is InChI=1S/C9H10ClNO2/c10-6-7-11(9(12)13)8-4-2-1-3-5-8/h1-5H,6-7H2,(H,12,13)/p-1. The summed E-state index contributed by atoms with van der Waals surface area (Å²) in [5.74, 6) is 0.253. The van der Waals surface area contributed by atoms with Crippen molar-refractivity contribution in [2.75, 3.05) is 17.3 Å². The highest BCUT2D eigenvalue weighted by Crippen LogP contribution is 2.12. The topological polar surface area (TPSA) is 43.4 Å². The molecule has 0 fully saturated rings. The molecule has 1 aromatic rings. The van der Waals surface area contributed by atoms with Crippen molar-refractivity contribution in [2.45, 2.75) is 0 Å². The van der Waals surface area contributed by atoms with Gasteiger partial charge in [-0.25, -0.2) is 0 Å². The number of hydrogen-bond donors (Lipinski definition) is 0. The quantitative estimate of drug-likeness (QED) is 0.682. The molecule has 0 aliphatic rings. The van der Waals surface area contributed by atoms with E-state index in [0.717, 1.165) is 4.90 Å². The van der Waals surface area contributed by atoms with Gasteiger partial charge in [0.2, 0.25) is 0 Å². The van der Waals surface area contributed by atoms with Gasteiger partial charge in [0.05, 0.1) is 0 Å². The van der Waals surface area contributed by atoms with Crippen molar-refractivity contribution in [3.63, 3.8) is 0 Å². The first-order valence-electron chi connectivity index (χ1n) is 3.85. The van der Waals surface area contributed by atoms with Crippen molar-refractivity contribution in [1.82, 2.24) is 0 Å². The van der Waals surface area contributed by atoms with Crippen LogP contribution in [0.25, 0.3) is 0 Å². The van der Waals surface area contributed by atoms with E-state index < -0.39 is 6.09 Å². The van der Waals surface area contributed by atoms with Crippen LogP contribution in [0.5, 0.6) is 0 Å². The van der Waals surface area contributed by atoms with Gasteiger partial charge in [0, 0.05) is 18.1 Å². The molecule has 4 heteroatoms. The largest absolute Gasteiger partial charge is 0.530 e. The van der Waals surface area contributed by atoms with Crippen LogP contribution in [0.3, 0.4) is 0 Å². The van der Waals surface area contributed by atoms with Crippen LogP contribution in [0.2, 0.25) is 0 Å². The van der Waals surface area contributed by atoms with Gasteiger partial charge < -0.3 is 14.8 Å². The highest BCUT2D eigenvalue weighted by Gasteiger charge is 2.04. The predicted octanol–water partition coefficient (Wildman–Crippen LogP) is 1.08. The maximum atomic E-state index is 10.6. The van der Waals surface area contributed by atoms with Crippen molar-refractivity contribution in [1.29, 1.82) is 0 Å². The van der Waals surface area contributed by atoms with Crippen molar-refractivity contribution >= 4 is 23.4 Å². The summed E-state index contributed by atoms with van der Waals surface area (Å²) in [6.07, 6.45) is -1.23. The van der Waals surface area contributed by atoms with Gasteiger partial charge in [0.1, 0.15) is 6.09 Å². The van der Waals surface area contributed by atoms with E-state index in [0.29, 0.717) is 5.69 Å². The average Bonchev–Trinajstić information content (AvgIpc) is 2.15. The molecule has 0 aliphatic carbocycles. The first kappa shape index (κ1) is 9.86. The fourth-order valence-electron chi connectivity index (χ4n) is 1.02. The number of carbonyl (C=O) groups is 1. The third-order valence-corrected chi connectivity index (χ3v) is 1.77. The lowest BCUT2D eigenvalue weighted by Crippen LogP contribution is -2.42. The van der Waals surface area contributed by atoms with E-state index >= 15 is 0 Å². The molecule has 1 aromatic carbocycles. The Hall–Kier alpha value is -1.22. The number of benzene rings is 1. The van der Waals surface area contributed by atoms with E-state index in [1.807, 2.05) is 6.07 Å². The van der Waals surface area contributed by atoms with Crippen LogP contribution in [-0.4, -0.2) is 18.5 Å². The van der Waals surface area contributed by atoms with Crippen LogP contribution in [0, 0.1) is 0 Å². The second-order valence-electron chi connectivity index (χ2n) is 2.44. The molecular weight excluding hydrogens is 190 g/mol. The Morgan fingerprint density at radius 1 is 1.38 bits per heavy atom. The van der Waals surface area contributed by atoms with E-state index in [4.69, 9.17) is 11.6 Å². The molecule has 0 bridgehead atoms. The smallest absolute Gasteiger partial charge is 0.141 e. The summed E-state index contributed by atoms with van der Waals surface area (Å²) in [5, 5.41) is 10.6. The van der Waals surface area contributed by atoms with Crippen LogP contribution < -0.4 is 10.0 Å². The summed E-state index contributed by atoms with van der Waals surface area (Å²) < 4.78 is 0. The van der Waals surface area contributed by atoms with Gasteiger partial charge in [-0.1, -0.05) is 18.2 Å². The number of alkyl halides is 1. The van der Waals surface area contributed by atoms with E-state index in [2.05, 4.69) is 0 Å². The first-order chi connectivity index (χ1) is 6.25. The number of nitrogens with zero attached hydrogens (tertiary/aromatic N) is 1. The van der Waals surface area contributed by atoms with E-state index in [1.54, 1.807) is 24.3 Å². The van der Waals surface area contributed by atoms with Gasteiger partial charge >= 0.3 is 0 Å². The highest BCUT2D eigenvalue weighted by molar-refractivity contribution is 6.18. The van der Waals surface area contributed by atoms with Crippen LogP contribution >= 0.6 is 11.6 Å². The number of para-hydroxylation sites is 1. The SMILES string of the molecule is O=C([O-])N(CCCl)c1ccccc1. The predicted molar refractivity (Wildman–Crippen MR) is 49.9 cm³/mol. The fraction of sp³-hybridized carbons (Fsp3) is 0.222. The van der Waals surface area contributed by atoms with Gasteiger partial charge in [-0.3, -0.25) is 0 Å². The molecule has 0 unspecified atom stereocenters. The zero-order valence-electron chi connectivity index (χ0n) is 6.94. The Morgan fingerprint density at radius 2 is 2.00 bits per heavy atom. The Morgan fingerprint density at radius 3 is 2.46 bits per heavy atom. The minimum absolute atomic E-state index is 0.244. The van der Waals surface area contributed by atoms with Gasteiger partial charge in [-0.15, -0.1) is 11.6 Å². The van der Waals surface area contributed by atoms with Gasteiger partial charge in [-0.2, -0.15) is 0 Å². The maximum absolute atomic E-state index is 10.6. The molecule has 0 spiro atoms. The van der Waals surface area contributed by atoms with Crippen LogP contribution in [0.4, 0.5) is 10.5 Å². The Kier molecular flexibility index (Phi) is 3.58. The van der Waals surface area contributed by atoms with Gasteiger partial charge in [-0.05, 0) is 12.1 Å². The summed E-state index contributed by atoms with van der Waals surface area (Å²) in [4.78, 5) is 11.8. The highest BCUT2D eigenvalue weighted by atomic mass is 35.5. The zero-order valence-corrected chi connectivity index (χ0v) is 7.70. The molecule has 0 atom stereocenters. The third-order valence-electron chi connectivity index (χ3n) is 1.60. The number of amides is 1. The third kappa shape index (κ3) is 2.63. The van der Waals surface area contributed by atoms with Gasteiger partial charge in [0.25, 0.3) is 0 Å². The van der Waals surface area contributed by atoms with Crippen molar-refractivity contribution in [3.8, 4) is 0 Å². The Bertz CT molecular complexity index is 276. The number of anilines is 1. The normalized spacial score (nSPS) is 9.62. The average molecular weight is 199 g/mol. The van der Waals surface area contributed by atoms with Crippen LogP contribution in [0.1, 0.15) is 0 Å². The molecule has 0 radical (unpaired) electrons. The lowest BCUT2D eigenvalue weighted by Gasteiger charge is -2.23. The molecule has 3 nitrogen and oxygen atoms in total. The monoisotopic (exact) mass is 198 g/mol. The van der Waals surface area contributed by atoms with E-state index in [-0.39, 0.29) is 12.4 Å². The molecule has 0 aromatic heterocycles. The summed E-state index contributed by atoms with van der Waals surface area (Å²) in [6, 6.07) is 8.74. The molecule has 0 saturated heterocycles. The Labute approximate surface area is 81.5 Å². The molecule has 0 saturated carbocycles. The zero-order chi connectivity index (χ0) is 9.68. The maximum Gasteiger partial charge on any atom is 0.141 e. The number of halogens is 1. The van der Waals surface area contributed by atoms with Crippen molar-refractivity contribution in [3.05, 3.63) is 30.3 Å². The summed E-state index contributed by atoms with van der Waals surface area (Å²) in [6.45, 7) is 0.244. The first-order valence-corrected chi connectivity index (χ1v) is 4.38. The number of carbonyl (C=O) groups excluding carboxylic acids is 1. The number of carboxylic acid groups (broad SMARTS) is 1. The van der Waals surface area contributed by atoms with Crippen LogP contribution in [-0.2, 0) is 0 Å². The second kappa shape index (κ2) is 4.72. The summed E-state index contributed by atoms with van der Waals surface area (Å²) >= 11 is 5.46. The molecular formula is C9H9ClNO2-. The summed E-state index contributed by atoms with van der Waals surface area (Å²) in [7, 11) is 0. The van der Waals surface area contributed by atoms with Crippen molar-refractivity contribution < 1.29 is 9.90 Å². The molecule has 0 N–H and O–H groups in total. The minimum Gasteiger partial charge on any atom is -0.530 e. The molecule has 1 amide bonds. The molecule has 0 heterocycles. The number of rotatable bonds is 3. The van der Waals surface area contributed by atoms with E-state index in [9.17, 15) is 9.90 Å². The number of hydrogen-bond acceptors (Lipinski definition) is 2. The lowest BCUT2D eigenvalue weighted by molar-refractivity contribution is -0.246. The van der Waals surface area contributed by atoms with Crippen LogP contribution in [0.15, 0.2) is 30.3 Å². The molecule has 70 valence electrons. The van der Waals surface area contributed by atoms with E-state index in [1.165, 1.54) is 0 Å². The molecule has 13 heavy (non-hydrogen) atoms. The fourth-order valence-corrected chi connectivity index (χ4v) is 1.19. The van der Waals surface area contributed by atoms with Gasteiger partial charge in [0.15, 0.2) is 0 Å². The lowest BCUT2D eigenvalue weighted by atomic mass is 10.3. The minimum atomic E-state index is -1.23. The second-order valence-corrected chi connectivity index (χ2v) is 2.82. The molecule has 1 rings (SSSR count). The molecule has 0 aliphatic heterocycles.